The van der Waals surface area contributed by atoms with Crippen LogP contribution in [0.5, 0.6) is 5.88 Å². The quantitative estimate of drug-likeness (QED) is 0.835. The first-order chi connectivity index (χ1) is 7.08. The minimum absolute atomic E-state index is 0.0749. The van der Waals surface area contributed by atoms with Crippen molar-refractivity contribution in [3.63, 3.8) is 0 Å². The zero-order chi connectivity index (χ0) is 11.0. The number of nitrogens with zero attached hydrogens (tertiary/aromatic N) is 2. The summed E-state index contributed by atoms with van der Waals surface area (Å²) in [5, 5.41) is 14.6. The smallest absolute Gasteiger partial charge is 0.214 e. The lowest BCUT2D eigenvalue weighted by molar-refractivity contribution is 0.433. The number of hydrogen-bond acceptors (Lipinski definition) is 2. The Morgan fingerprint density at radius 3 is 2.47 bits per heavy atom. The largest absolute Gasteiger partial charge is 0.493 e. The Morgan fingerprint density at radius 2 is 1.93 bits per heavy atom. The van der Waals surface area contributed by atoms with E-state index in [0.29, 0.717) is 15.7 Å². The number of aromatic hydroxyl groups is 1. The highest BCUT2D eigenvalue weighted by Gasteiger charge is 2.07. The summed E-state index contributed by atoms with van der Waals surface area (Å²) in [5.41, 5.74) is 1.41. The average Bonchev–Trinajstić information content (AvgIpc) is 2.50. The van der Waals surface area contributed by atoms with Gasteiger partial charge in [-0.3, -0.25) is 0 Å². The third-order valence-electron chi connectivity index (χ3n) is 1.96. The van der Waals surface area contributed by atoms with E-state index in [1.165, 1.54) is 4.68 Å². The predicted octanol–water partition coefficient (Wildman–Crippen LogP) is 3.19. The van der Waals surface area contributed by atoms with Crippen molar-refractivity contribution in [1.29, 1.82) is 0 Å². The monoisotopic (exact) mass is 242 g/mol. The van der Waals surface area contributed by atoms with E-state index in [1.54, 1.807) is 31.2 Å². The summed E-state index contributed by atoms with van der Waals surface area (Å²) in [4.78, 5) is 0. The lowest BCUT2D eigenvalue weighted by atomic mass is 10.3. The number of rotatable bonds is 1. The minimum atomic E-state index is 0.0749. The van der Waals surface area contributed by atoms with Gasteiger partial charge < -0.3 is 5.11 Å². The molecular weight excluding hydrogens is 235 g/mol. The Labute approximate surface area is 96.9 Å². The molecule has 0 saturated heterocycles. The summed E-state index contributed by atoms with van der Waals surface area (Å²) in [7, 11) is 0. The molecule has 0 spiro atoms. The van der Waals surface area contributed by atoms with Crippen LogP contribution in [0.4, 0.5) is 0 Å². The van der Waals surface area contributed by atoms with Crippen molar-refractivity contribution in [2.45, 2.75) is 6.92 Å². The second-order valence-corrected chi connectivity index (χ2v) is 3.97. The first-order valence-corrected chi connectivity index (χ1v) is 5.04. The van der Waals surface area contributed by atoms with Gasteiger partial charge in [-0.2, -0.15) is 5.10 Å². The van der Waals surface area contributed by atoms with E-state index >= 15 is 0 Å². The van der Waals surface area contributed by atoms with E-state index in [0.717, 1.165) is 5.69 Å². The number of aryl methyl sites for hydroxylation is 1. The van der Waals surface area contributed by atoms with Crippen molar-refractivity contribution in [3.8, 4) is 11.6 Å². The first kappa shape index (κ1) is 10.3. The average molecular weight is 243 g/mol. The SMILES string of the molecule is Cc1cc(O)n(-c2ccc(Cl)c(Cl)c2)n1. The van der Waals surface area contributed by atoms with Gasteiger partial charge in [-0.25, -0.2) is 4.68 Å². The van der Waals surface area contributed by atoms with Crippen LogP contribution in [-0.4, -0.2) is 14.9 Å². The molecule has 2 aromatic rings. The molecule has 0 aliphatic heterocycles. The van der Waals surface area contributed by atoms with E-state index in [9.17, 15) is 5.11 Å². The molecule has 0 saturated carbocycles. The maximum absolute atomic E-state index is 9.57. The summed E-state index contributed by atoms with van der Waals surface area (Å²) < 4.78 is 1.40. The van der Waals surface area contributed by atoms with Crippen molar-refractivity contribution in [2.24, 2.45) is 0 Å². The molecule has 2 rings (SSSR count). The highest BCUT2D eigenvalue weighted by molar-refractivity contribution is 6.42. The number of halogens is 2. The molecule has 0 bridgehead atoms. The number of aromatic nitrogens is 2. The molecule has 0 amide bonds. The molecule has 1 N–H and O–H groups in total. The summed E-state index contributed by atoms with van der Waals surface area (Å²) in [6.45, 7) is 1.80. The first-order valence-electron chi connectivity index (χ1n) is 4.29. The third kappa shape index (κ3) is 1.94. The molecule has 5 heteroatoms. The fourth-order valence-corrected chi connectivity index (χ4v) is 1.58. The van der Waals surface area contributed by atoms with E-state index < -0.39 is 0 Å². The van der Waals surface area contributed by atoms with Gasteiger partial charge in [0.05, 0.1) is 21.4 Å². The van der Waals surface area contributed by atoms with Gasteiger partial charge in [-0.1, -0.05) is 23.2 Å². The van der Waals surface area contributed by atoms with Gasteiger partial charge in [0.25, 0.3) is 0 Å². The van der Waals surface area contributed by atoms with Crippen LogP contribution in [-0.2, 0) is 0 Å². The van der Waals surface area contributed by atoms with Crippen LogP contribution in [0.2, 0.25) is 10.0 Å². The maximum Gasteiger partial charge on any atom is 0.214 e. The summed E-state index contributed by atoms with van der Waals surface area (Å²) in [6.07, 6.45) is 0. The van der Waals surface area contributed by atoms with E-state index in [-0.39, 0.29) is 5.88 Å². The predicted molar refractivity (Wildman–Crippen MR) is 60.0 cm³/mol. The zero-order valence-corrected chi connectivity index (χ0v) is 9.42. The van der Waals surface area contributed by atoms with Gasteiger partial charge in [-0.15, -0.1) is 0 Å². The normalized spacial score (nSPS) is 10.6. The van der Waals surface area contributed by atoms with Crippen molar-refractivity contribution in [2.75, 3.05) is 0 Å². The molecular formula is C10H8Cl2N2O. The molecule has 1 aromatic carbocycles. The number of hydrogen-bond donors (Lipinski definition) is 1. The Balaban J connectivity index is 2.54. The molecule has 0 radical (unpaired) electrons. The van der Waals surface area contributed by atoms with Gasteiger partial charge in [0.2, 0.25) is 5.88 Å². The van der Waals surface area contributed by atoms with Crippen molar-refractivity contribution < 1.29 is 5.11 Å². The van der Waals surface area contributed by atoms with Crippen LogP contribution in [0.3, 0.4) is 0 Å². The molecule has 0 aliphatic carbocycles. The molecule has 78 valence electrons. The molecule has 0 fully saturated rings. The molecule has 1 heterocycles. The van der Waals surface area contributed by atoms with Crippen LogP contribution in [0.25, 0.3) is 5.69 Å². The second kappa shape index (κ2) is 3.76. The maximum atomic E-state index is 9.57. The second-order valence-electron chi connectivity index (χ2n) is 3.15. The molecule has 15 heavy (non-hydrogen) atoms. The summed E-state index contributed by atoms with van der Waals surface area (Å²) in [5.74, 6) is 0.0749. The molecule has 0 unspecified atom stereocenters. The van der Waals surface area contributed by atoms with Gasteiger partial charge >= 0.3 is 0 Å². The van der Waals surface area contributed by atoms with Gasteiger partial charge in [0, 0.05) is 6.07 Å². The molecule has 3 nitrogen and oxygen atoms in total. The fourth-order valence-electron chi connectivity index (χ4n) is 1.29. The fraction of sp³-hybridized carbons (Fsp3) is 0.100. The van der Waals surface area contributed by atoms with Gasteiger partial charge in [0.1, 0.15) is 0 Å². The van der Waals surface area contributed by atoms with Crippen LogP contribution >= 0.6 is 23.2 Å². The number of benzene rings is 1. The highest BCUT2D eigenvalue weighted by atomic mass is 35.5. The lowest BCUT2D eigenvalue weighted by Crippen LogP contribution is -1.95. The van der Waals surface area contributed by atoms with E-state index in [1.807, 2.05) is 0 Å². The topological polar surface area (TPSA) is 38.0 Å². The minimum Gasteiger partial charge on any atom is -0.493 e. The zero-order valence-electron chi connectivity index (χ0n) is 7.91. The Kier molecular flexibility index (Phi) is 2.59. The van der Waals surface area contributed by atoms with Crippen molar-refractivity contribution in [1.82, 2.24) is 9.78 Å². The van der Waals surface area contributed by atoms with Crippen molar-refractivity contribution >= 4 is 23.2 Å². The molecule has 0 aliphatic rings. The lowest BCUT2D eigenvalue weighted by Gasteiger charge is -2.04. The van der Waals surface area contributed by atoms with Crippen molar-refractivity contribution in [3.05, 3.63) is 40.0 Å². The molecule has 1 aromatic heterocycles. The van der Waals surface area contributed by atoms with E-state index in [4.69, 9.17) is 23.2 Å². The Morgan fingerprint density at radius 1 is 1.20 bits per heavy atom. The standard InChI is InChI=1S/C10H8Cl2N2O/c1-6-4-10(15)14(13-6)7-2-3-8(11)9(12)5-7/h2-5,15H,1H3. The van der Waals surface area contributed by atoms with Gasteiger partial charge in [0.15, 0.2) is 0 Å². The Bertz CT molecular complexity index is 508. The van der Waals surface area contributed by atoms with Crippen LogP contribution in [0.15, 0.2) is 24.3 Å². The molecule has 0 atom stereocenters. The van der Waals surface area contributed by atoms with Gasteiger partial charge in [-0.05, 0) is 25.1 Å². The Hall–Kier alpha value is -1.19. The summed E-state index contributed by atoms with van der Waals surface area (Å²) >= 11 is 11.7. The third-order valence-corrected chi connectivity index (χ3v) is 2.70. The highest BCUT2D eigenvalue weighted by Crippen LogP contribution is 2.26. The summed E-state index contributed by atoms with van der Waals surface area (Å²) in [6, 6.07) is 6.62. The van der Waals surface area contributed by atoms with Crippen LogP contribution < -0.4 is 0 Å². The van der Waals surface area contributed by atoms with Crippen LogP contribution in [0, 0.1) is 6.92 Å². The van der Waals surface area contributed by atoms with Crippen LogP contribution in [0.1, 0.15) is 5.69 Å². The van der Waals surface area contributed by atoms with E-state index in [2.05, 4.69) is 5.10 Å².